The Bertz CT molecular complexity index is 496. The zero-order chi connectivity index (χ0) is 13.1. The molecule has 0 radical (unpaired) electrons. The van der Waals surface area contributed by atoms with Gasteiger partial charge in [-0.1, -0.05) is 5.16 Å². The van der Waals surface area contributed by atoms with Crippen molar-refractivity contribution in [1.29, 1.82) is 0 Å². The Hall–Kier alpha value is -1.09. The first-order valence-electron chi connectivity index (χ1n) is 4.61. The molecule has 0 spiro atoms. The van der Waals surface area contributed by atoms with Crippen molar-refractivity contribution in [2.75, 3.05) is 12.0 Å². The maximum Gasteiger partial charge on any atom is 0.313 e. The molecule has 7 nitrogen and oxygen atoms in total. The summed E-state index contributed by atoms with van der Waals surface area (Å²) in [4.78, 5) is 14.2. The first-order valence-corrected chi connectivity index (χ1v) is 7.72. The Morgan fingerprint density at radius 3 is 2.76 bits per heavy atom. The highest BCUT2D eigenvalue weighted by atomic mass is 32.2. The van der Waals surface area contributed by atoms with Crippen molar-refractivity contribution in [3.8, 4) is 0 Å². The van der Waals surface area contributed by atoms with E-state index >= 15 is 0 Å². The number of thioether (sulfide) groups is 1. The third kappa shape index (κ3) is 4.35. The van der Waals surface area contributed by atoms with Crippen molar-refractivity contribution in [1.82, 2.24) is 10.1 Å². The van der Waals surface area contributed by atoms with Crippen molar-refractivity contribution in [2.45, 2.75) is 17.9 Å². The highest BCUT2D eigenvalue weighted by Crippen LogP contribution is 2.19. The summed E-state index contributed by atoms with van der Waals surface area (Å²) >= 11 is 1.10. The van der Waals surface area contributed by atoms with Gasteiger partial charge in [0.2, 0.25) is 5.89 Å². The molecule has 9 heteroatoms. The van der Waals surface area contributed by atoms with Crippen molar-refractivity contribution in [2.24, 2.45) is 0 Å². The van der Waals surface area contributed by atoms with Gasteiger partial charge >= 0.3 is 5.97 Å². The van der Waals surface area contributed by atoms with Gasteiger partial charge in [0.15, 0.2) is 15.7 Å². The molecule has 17 heavy (non-hydrogen) atoms. The largest absolute Gasteiger partial charge is 0.481 e. The molecule has 0 aliphatic rings. The highest BCUT2D eigenvalue weighted by molar-refractivity contribution is 7.99. The molecule has 0 saturated carbocycles. The van der Waals surface area contributed by atoms with E-state index in [-0.39, 0.29) is 23.2 Å². The van der Waals surface area contributed by atoms with Gasteiger partial charge in [-0.05, 0) is 6.92 Å². The summed E-state index contributed by atoms with van der Waals surface area (Å²) in [7, 11) is -3.26. The van der Waals surface area contributed by atoms with E-state index in [0.29, 0.717) is 0 Å². The second-order valence-electron chi connectivity index (χ2n) is 3.40. The molecule has 1 atom stereocenters. The minimum Gasteiger partial charge on any atom is -0.481 e. The number of carboxylic acids is 1. The first-order chi connectivity index (χ1) is 7.80. The summed E-state index contributed by atoms with van der Waals surface area (Å²) < 4.78 is 27.3. The minimum atomic E-state index is -3.26. The molecule has 0 aromatic carbocycles. The van der Waals surface area contributed by atoms with Crippen LogP contribution in [0.1, 0.15) is 23.9 Å². The van der Waals surface area contributed by atoms with Crippen LogP contribution in [-0.2, 0) is 20.4 Å². The molecule has 0 amide bonds. The van der Waals surface area contributed by atoms with Gasteiger partial charge in [0, 0.05) is 6.26 Å². The normalized spacial score (nSPS) is 13.5. The first kappa shape index (κ1) is 14.0. The summed E-state index contributed by atoms with van der Waals surface area (Å²) in [6, 6.07) is 0. The fraction of sp³-hybridized carbons (Fsp3) is 0.625. The highest BCUT2D eigenvalue weighted by Gasteiger charge is 2.22. The van der Waals surface area contributed by atoms with E-state index in [2.05, 4.69) is 10.1 Å². The number of carboxylic acid groups (broad SMARTS) is 1. The topological polar surface area (TPSA) is 110 Å². The molecule has 1 N–H and O–H groups in total. The molecule has 0 fully saturated rings. The molecule has 0 aliphatic heterocycles. The molecule has 0 bridgehead atoms. The van der Waals surface area contributed by atoms with Gasteiger partial charge < -0.3 is 9.63 Å². The SMILES string of the molecule is CC(c1noc(CSCC(=O)O)n1)S(C)(=O)=O. The van der Waals surface area contributed by atoms with Crippen molar-refractivity contribution in [3.05, 3.63) is 11.7 Å². The third-order valence-electron chi connectivity index (χ3n) is 1.94. The zero-order valence-electron chi connectivity index (χ0n) is 9.28. The van der Waals surface area contributed by atoms with Gasteiger partial charge in [0.1, 0.15) is 5.25 Å². The van der Waals surface area contributed by atoms with Crippen molar-refractivity contribution >= 4 is 27.6 Å². The van der Waals surface area contributed by atoms with Crippen LogP contribution in [0.4, 0.5) is 0 Å². The molecule has 1 aromatic rings. The number of rotatable bonds is 6. The molecule has 1 rings (SSSR count). The predicted molar refractivity (Wildman–Crippen MR) is 61.4 cm³/mol. The number of nitrogens with zero attached hydrogens (tertiary/aromatic N) is 2. The summed E-state index contributed by atoms with van der Waals surface area (Å²) in [5, 5.41) is 11.1. The van der Waals surface area contributed by atoms with Crippen LogP contribution in [0.15, 0.2) is 4.52 Å². The fourth-order valence-electron chi connectivity index (χ4n) is 0.909. The van der Waals surface area contributed by atoms with E-state index in [4.69, 9.17) is 9.63 Å². The predicted octanol–water partition coefficient (Wildman–Crippen LogP) is 0.493. The van der Waals surface area contributed by atoms with Crippen LogP contribution >= 0.6 is 11.8 Å². The maximum atomic E-state index is 11.2. The summed E-state index contributed by atoms with van der Waals surface area (Å²) in [5.74, 6) is -0.436. The van der Waals surface area contributed by atoms with Crippen LogP contribution in [0.3, 0.4) is 0 Å². The van der Waals surface area contributed by atoms with Gasteiger partial charge in [-0.3, -0.25) is 4.79 Å². The molecule has 1 heterocycles. The minimum absolute atomic E-state index is 0.0701. The number of hydrogen-bond donors (Lipinski definition) is 1. The lowest BCUT2D eigenvalue weighted by molar-refractivity contribution is -0.133. The zero-order valence-corrected chi connectivity index (χ0v) is 10.9. The third-order valence-corrected chi connectivity index (χ3v) is 4.34. The molecular formula is C8H12N2O5S2. The lowest BCUT2D eigenvalue weighted by Gasteiger charge is -2.01. The standard InChI is InChI=1S/C8H12N2O5S2/c1-5(17(2,13)14)8-9-6(15-10-8)3-16-4-7(11)12/h5H,3-4H2,1-2H3,(H,11,12). The van der Waals surface area contributed by atoms with Crippen molar-refractivity contribution in [3.63, 3.8) is 0 Å². The average molecular weight is 280 g/mol. The summed E-state index contributed by atoms with van der Waals surface area (Å²) in [5.41, 5.74) is 0. The van der Waals surface area contributed by atoms with E-state index < -0.39 is 21.1 Å². The molecule has 0 saturated heterocycles. The van der Waals surface area contributed by atoms with Crippen LogP contribution in [0.5, 0.6) is 0 Å². The maximum absolute atomic E-state index is 11.2. The Morgan fingerprint density at radius 2 is 2.24 bits per heavy atom. The van der Waals surface area contributed by atoms with E-state index in [1.807, 2.05) is 0 Å². The molecule has 1 unspecified atom stereocenters. The molecule has 0 aliphatic carbocycles. The van der Waals surface area contributed by atoms with Crippen LogP contribution in [0, 0.1) is 0 Å². The van der Waals surface area contributed by atoms with Gasteiger partial charge in [0.25, 0.3) is 0 Å². The van der Waals surface area contributed by atoms with Crippen molar-refractivity contribution < 1.29 is 22.8 Å². The number of hydrogen-bond acceptors (Lipinski definition) is 7. The Balaban J connectivity index is 2.63. The Labute approximate surface area is 103 Å². The second-order valence-corrected chi connectivity index (χ2v) is 6.76. The Kier molecular flexibility index (Phi) is 4.52. The summed E-state index contributed by atoms with van der Waals surface area (Å²) in [6.07, 6.45) is 1.09. The van der Waals surface area contributed by atoms with Crippen LogP contribution < -0.4 is 0 Å². The number of aromatic nitrogens is 2. The molecular weight excluding hydrogens is 268 g/mol. The van der Waals surface area contributed by atoms with E-state index in [0.717, 1.165) is 18.0 Å². The van der Waals surface area contributed by atoms with E-state index in [1.54, 1.807) is 0 Å². The van der Waals surface area contributed by atoms with E-state index in [9.17, 15) is 13.2 Å². The monoisotopic (exact) mass is 280 g/mol. The quantitative estimate of drug-likeness (QED) is 0.801. The lowest BCUT2D eigenvalue weighted by atomic mass is 10.4. The summed E-state index contributed by atoms with van der Waals surface area (Å²) in [6.45, 7) is 1.47. The average Bonchev–Trinajstić information content (AvgIpc) is 2.63. The van der Waals surface area contributed by atoms with Gasteiger partial charge in [0.05, 0.1) is 11.5 Å². The fourth-order valence-corrected chi connectivity index (χ4v) is 1.96. The Morgan fingerprint density at radius 1 is 1.59 bits per heavy atom. The molecule has 1 aromatic heterocycles. The molecule has 96 valence electrons. The van der Waals surface area contributed by atoms with Gasteiger partial charge in [-0.2, -0.15) is 4.98 Å². The van der Waals surface area contributed by atoms with Gasteiger partial charge in [-0.15, -0.1) is 11.8 Å². The van der Waals surface area contributed by atoms with Crippen LogP contribution in [0.2, 0.25) is 0 Å². The van der Waals surface area contributed by atoms with Gasteiger partial charge in [-0.25, -0.2) is 8.42 Å². The van der Waals surface area contributed by atoms with Crippen LogP contribution in [0.25, 0.3) is 0 Å². The second kappa shape index (κ2) is 5.50. The number of carbonyl (C=O) groups is 1. The smallest absolute Gasteiger partial charge is 0.313 e. The lowest BCUT2D eigenvalue weighted by Crippen LogP contribution is -2.09. The number of sulfone groups is 1. The number of aliphatic carboxylic acids is 1. The van der Waals surface area contributed by atoms with E-state index in [1.165, 1.54) is 6.92 Å². The van der Waals surface area contributed by atoms with Crippen LogP contribution in [-0.4, -0.2) is 41.6 Å².